The van der Waals surface area contributed by atoms with Crippen molar-refractivity contribution in [3.63, 3.8) is 0 Å². The number of piperazine rings is 1. The van der Waals surface area contributed by atoms with Crippen LogP contribution in [0.15, 0.2) is 30.3 Å². The summed E-state index contributed by atoms with van der Waals surface area (Å²) in [6.45, 7) is 7.24. The molecule has 0 N–H and O–H groups in total. The maximum atomic E-state index is 12.7. The van der Waals surface area contributed by atoms with E-state index in [4.69, 9.17) is 4.74 Å². The lowest BCUT2D eigenvalue weighted by Gasteiger charge is -2.38. The SMILES string of the molecule is CN(C)C[C@H]1CN(CC(=O)N2CCN(c3ccccc3)CC2)CCO1. The first kappa shape index (κ1) is 18.2. The molecule has 138 valence electrons. The molecule has 2 saturated heterocycles. The molecule has 3 rings (SSSR count). The molecule has 0 spiro atoms. The van der Waals surface area contributed by atoms with Crippen LogP contribution in [0.4, 0.5) is 5.69 Å². The Kier molecular flexibility index (Phi) is 6.29. The number of carbonyl (C=O) groups is 1. The van der Waals surface area contributed by atoms with Crippen molar-refractivity contribution in [2.75, 3.05) is 78.0 Å². The van der Waals surface area contributed by atoms with Gasteiger partial charge in [-0.25, -0.2) is 0 Å². The minimum absolute atomic E-state index is 0.200. The molecule has 2 aliphatic rings. The van der Waals surface area contributed by atoms with Gasteiger partial charge in [0.05, 0.1) is 19.3 Å². The van der Waals surface area contributed by atoms with E-state index in [1.165, 1.54) is 5.69 Å². The topological polar surface area (TPSA) is 39.3 Å². The van der Waals surface area contributed by atoms with Crippen molar-refractivity contribution in [1.82, 2.24) is 14.7 Å². The summed E-state index contributed by atoms with van der Waals surface area (Å²) < 4.78 is 5.79. The zero-order valence-corrected chi connectivity index (χ0v) is 15.4. The lowest BCUT2D eigenvalue weighted by Crippen LogP contribution is -2.54. The summed E-state index contributed by atoms with van der Waals surface area (Å²) in [5.41, 5.74) is 1.24. The second kappa shape index (κ2) is 8.65. The van der Waals surface area contributed by atoms with Crippen molar-refractivity contribution in [3.8, 4) is 0 Å². The van der Waals surface area contributed by atoms with Gasteiger partial charge in [-0.3, -0.25) is 9.69 Å². The van der Waals surface area contributed by atoms with Crippen LogP contribution in [0.3, 0.4) is 0 Å². The van der Waals surface area contributed by atoms with Gasteiger partial charge in [0.2, 0.25) is 5.91 Å². The number of benzene rings is 1. The Morgan fingerprint density at radius 2 is 1.84 bits per heavy atom. The molecule has 2 aliphatic heterocycles. The van der Waals surface area contributed by atoms with Gasteiger partial charge in [-0.05, 0) is 26.2 Å². The monoisotopic (exact) mass is 346 g/mol. The van der Waals surface area contributed by atoms with E-state index < -0.39 is 0 Å². The summed E-state index contributed by atoms with van der Waals surface area (Å²) in [7, 11) is 4.11. The Morgan fingerprint density at radius 3 is 2.52 bits per heavy atom. The lowest BCUT2D eigenvalue weighted by molar-refractivity contribution is -0.134. The molecule has 0 unspecified atom stereocenters. The van der Waals surface area contributed by atoms with Crippen molar-refractivity contribution < 1.29 is 9.53 Å². The van der Waals surface area contributed by atoms with E-state index in [1.807, 2.05) is 11.0 Å². The van der Waals surface area contributed by atoms with Crippen molar-refractivity contribution >= 4 is 11.6 Å². The number of hydrogen-bond acceptors (Lipinski definition) is 5. The van der Waals surface area contributed by atoms with E-state index in [9.17, 15) is 4.79 Å². The minimum atomic E-state index is 0.200. The van der Waals surface area contributed by atoms with Crippen molar-refractivity contribution in [1.29, 1.82) is 0 Å². The van der Waals surface area contributed by atoms with Crippen molar-refractivity contribution in [3.05, 3.63) is 30.3 Å². The fourth-order valence-corrected chi connectivity index (χ4v) is 3.59. The van der Waals surface area contributed by atoms with Crippen molar-refractivity contribution in [2.45, 2.75) is 6.10 Å². The predicted molar refractivity (Wildman–Crippen MR) is 100.0 cm³/mol. The Labute approximate surface area is 150 Å². The van der Waals surface area contributed by atoms with Gasteiger partial charge in [0.25, 0.3) is 0 Å². The molecule has 6 nitrogen and oxygen atoms in total. The second-order valence-corrected chi connectivity index (χ2v) is 7.19. The molecule has 0 radical (unpaired) electrons. The van der Waals surface area contributed by atoms with Gasteiger partial charge in [-0.2, -0.15) is 0 Å². The van der Waals surface area contributed by atoms with Gasteiger partial charge in [-0.1, -0.05) is 18.2 Å². The van der Waals surface area contributed by atoms with E-state index in [-0.39, 0.29) is 12.0 Å². The summed E-state index contributed by atoms with van der Waals surface area (Å²) >= 11 is 0. The van der Waals surface area contributed by atoms with Crippen LogP contribution in [-0.2, 0) is 9.53 Å². The van der Waals surface area contributed by atoms with E-state index in [2.05, 4.69) is 53.1 Å². The van der Waals surface area contributed by atoms with Crippen LogP contribution in [0.5, 0.6) is 0 Å². The zero-order valence-electron chi connectivity index (χ0n) is 15.4. The number of hydrogen-bond donors (Lipinski definition) is 0. The van der Waals surface area contributed by atoms with Gasteiger partial charge in [0.1, 0.15) is 0 Å². The van der Waals surface area contributed by atoms with Crippen LogP contribution >= 0.6 is 0 Å². The lowest BCUT2D eigenvalue weighted by atomic mass is 10.2. The highest BCUT2D eigenvalue weighted by atomic mass is 16.5. The summed E-state index contributed by atoms with van der Waals surface area (Å²) in [6.07, 6.45) is 0.200. The molecule has 2 fully saturated rings. The smallest absolute Gasteiger partial charge is 0.236 e. The standard InChI is InChI=1S/C19H30N4O2/c1-20(2)14-18-15-21(12-13-25-18)16-19(24)23-10-8-22(9-11-23)17-6-4-3-5-7-17/h3-7,18H,8-16H2,1-2H3/t18-/m0/s1. The second-order valence-electron chi connectivity index (χ2n) is 7.19. The van der Waals surface area contributed by atoms with Crippen LogP contribution in [0.25, 0.3) is 0 Å². The third-order valence-corrected chi connectivity index (χ3v) is 4.90. The third kappa shape index (κ3) is 5.17. The first-order valence-electron chi connectivity index (χ1n) is 9.18. The molecule has 2 heterocycles. The fourth-order valence-electron chi connectivity index (χ4n) is 3.59. The molecule has 1 amide bonds. The predicted octanol–water partition coefficient (Wildman–Crippen LogP) is 0.598. The molecule has 0 aromatic heterocycles. The number of ether oxygens (including phenoxy) is 1. The third-order valence-electron chi connectivity index (χ3n) is 4.90. The number of likely N-dealkylation sites (N-methyl/N-ethyl adjacent to an activating group) is 1. The van der Waals surface area contributed by atoms with Gasteiger partial charge in [0.15, 0.2) is 0 Å². The van der Waals surface area contributed by atoms with Crippen LogP contribution in [-0.4, -0.2) is 99.8 Å². The normalized spacial score (nSPS) is 22.4. The molecule has 1 aromatic rings. The van der Waals surface area contributed by atoms with Crippen LogP contribution in [0.1, 0.15) is 0 Å². The maximum absolute atomic E-state index is 12.7. The first-order valence-corrected chi connectivity index (χ1v) is 9.18. The zero-order chi connectivity index (χ0) is 17.6. The summed E-state index contributed by atoms with van der Waals surface area (Å²) in [5.74, 6) is 0.248. The van der Waals surface area contributed by atoms with Crippen LogP contribution < -0.4 is 4.90 Å². The van der Waals surface area contributed by atoms with E-state index in [0.29, 0.717) is 13.2 Å². The molecule has 0 saturated carbocycles. The Bertz CT molecular complexity index is 544. The number of carbonyl (C=O) groups excluding carboxylic acids is 1. The fraction of sp³-hybridized carbons (Fsp3) is 0.632. The minimum Gasteiger partial charge on any atom is -0.374 e. The number of nitrogens with zero attached hydrogens (tertiary/aromatic N) is 4. The average molecular weight is 346 g/mol. The highest BCUT2D eigenvalue weighted by Gasteiger charge is 2.26. The van der Waals surface area contributed by atoms with E-state index in [1.54, 1.807) is 0 Å². The van der Waals surface area contributed by atoms with Gasteiger partial charge in [-0.15, -0.1) is 0 Å². The van der Waals surface area contributed by atoms with Crippen LogP contribution in [0.2, 0.25) is 0 Å². The summed E-state index contributed by atoms with van der Waals surface area (Å²) in [4.78, 5) is 21.4. The molecular weight excluding hydrogens is 316 g/mol. The molecule has 0 aliphatic carbocycles. The van der Waals surface area contributed by atoms with Gasteiger partial charge < -0.3 is 19.4 Å². The largest absolute Gasteiger partial charge is 0.374 e. The molecule has 25 heavy (non-hydrogen) atoms. The number of rotatable bonds is 5. The van der Waals surface area contributed by atoms with Crippen LogP contribution in [0, 0.1) is 0 Å². The average Bonchev–Trinajstić information content (AvgIpc) is 2.62. The van der Waals surface area contributed by atoms with Gasteiger partial charge >= 0.3 is 0 Å². The molecule has 0 bridgehead atoms. The quantitative estimate of drug-likeness (QED) is 0.781. The molecule has 1 atom stereocenters. The highest BCUT2D eigenvalue weighted by molar-refractivity contribution is 5.78. The molecule has 1 aromatic carbocycles. The molecule has 6 heteroatoms. The van der Waals surface area contributed by atoms with Crippen molar-refractivity contribution in [2.24, 2.45) is 0 Å². The Morgan fingerprint density at radius 1 is 1.12 bits per heavy atom. The number of amides is 1. The maximum Gasteiger partial charge on any atom is 0.236 e. The Hall–Kier alpha value is -1.63. The number of para-hydroxylation sites is 1. The van der Waals surface area contributed by atoms with Gasteiger partial charge in [0, 0.05) is 51.5 Å². The molecular formula is C19H30N4O2. The first-order chi connectivity index (χ1) is 12.1. The Balaban J connectivity index is 1.45. The summed E-state index contributed by atoms with van der Waals surface area (Å²) in [5, 5.41) is 0. The van der Waals surface area contributed by atoms with E-state index >= 15 is 0 Å². The highest BCUT2D eigenvalue weighted by Crippen LogP contribution is 2.16. The summed E-state index contributed by atoms with van der Waals surface area (Å²) in [6, 6.07) is 10.4. The number of morpholine rings is 1. The van der Waals surface area contributed by atoms with E-state index in [0.717, 1.165) is 45.8 Å². The number of anilines is 1.